The number of rotatable bonds is 2. The van der Waals surface area contributed by atoms with Crippen LogP contribution < -0.4 is 4.74 Å². The quantitative estimate of drug-likeness (QED) is 0.804. The highest BCUT2D eigenvalue weighted by molar-refractivity contribution is 6.31. The summed E-state index contributed by atoms with van der Waals surface area (Å²) in [7, 11) is 1.30. The number of ether oxygens (including phenoxy) is 1. The van der Waals surface area contributed by atoms with Crippen molar-refractivity contribution in [3.63, 3.8) is 0 Å². The molecule has 0 saturated heterocycles. The topological polar surface area (TPSA) is 49.7 Å². The van der Waals surface area contributed by atoms with Crippen LogP contribution in [0.1, 0.15) is 18.6 Å². The van der Waals surface area contributed by atoms with Gasteiger partial charge in [0.15, 0.2) is 11.5 Å². The molecule has 1 rings (SSSR count). The van der Waals surface area contributed by atoms with Gasteiger partial charge in [0.25, 0.3) is 0 Å². The van der Waals surface area contributed by atoms with Crippen LogP contribution in [-0.2, 0) is 0 Å². The number of hydrogen-bond donors (Lipinski definition) is 2. The van der Waals surface area contributed by atoms with E-state index in [2.05, 4.69) is 0 Å². The van der Waals surface area contributed by atoms with Gasteiger partial charge in [-0.15, -0.1) is 0 Å². The lowest BCUT2D eigenvalue weighted by molar-refractivity contribution is 0.192. The third-order valence-electron chi connectivity index (χ3n) is 1.81. The van der Waals surface area contributed by atoms with E-state index in [-0.39, 0.29) is 22.1 Å². The molecule has 1 aromatic rings. The first-order valence-electron chi connectivity index (χ1n) is 3.92. The highest BCUT2D eigenvalue weighted by atomic mass is 35.5. The van der Waals surface area contributed by atoms with Crippen LogP contribution in [0.15, 0.2) is 6.07 Å². The minimum Gasteiger partial charge on any atom is -0.504 e. The molecule has 0 aliphatic heterocycles. The van der Waals surface area contributed by atoms with Crippen LogP contribution in [0.2, 0.25) is 5.02 Å². The summed E-state index contributed by atoms with van der Waals surface area (Å²) in [6, 6.07) is 0.840. The number of hydrogen-bond acceptors (Lipinski definition) is 3. The molecule has 0 spiro atoms. The highest BCUT2D eigenvalue weighted by Gasteiger charge is 2.20. The largest absolute Gasteiger partial charge is 0.504 e. The summed E-state index contributed by atoms with van der Waals surface area (Å²) in [5, 5.41) is 18.4. The highest BCUT2D eigenvalue weighted by Crippen LogP contribution is 2.40. The molecule has 2 N–H and O–H groups in total. The minimum atomic E-state index is -1.01. The van der Waals surface area contributed by atoms with Gasteiger partial charge in [-0.1, -0.05) is 11.6 Å². The number of halogens is 2. The fraction of sp³-hybridized carbons (Fsp3) is 0.333. The van der Waals surface area contributed by atoms with Gasteiger partial charge in [-0.3, -0.25) is 0 Å². The number of aliphatic hydroxyl groups is 1. The van der Waals surface area contributed by atoms with Crippen molar-refractivity contribution in [2.24, 2.45) is 0 Å². The Morgan fingerprint density at radius 2 is 2.14 bits per heavy atom. The Morgan fingerprint density at radius 3 is 2.57 bits per heavy atom. The molecular formula is C9H10ClFO3. The molecular weight excluding hydrogens is 211 g/mol. The second-order valence-electron chi connectivity index (χ2n) is 2.81. The van der Waals surface area contributed by atoms with Gasteiger partial charge in [-0.25, -0.2) is 4.39 Å². The van der Waals surface area contributed by atoms with Crippen LogP contribution in [-0.4, -0.2) is 17.3 Å². The van der Waals surface area contributed by atoms with Crippen molar-refractivity contribution in [3.05, 3.63) is 22.5 Å². The molecule has 1 aromatic carbocycles. The molecule has 78 valence electrons. The minimum absolute atomic E-state index is 0.00796. The Morgan fingerprint density at radius 1 is 1.57 bits per heavy atom. The van der Waals surface area contributed by atoms with Crippen molar-refractivity contribution in [2.75, 3.05) is 7.11 Å². The van der Waals surface area contributed by atoms with Crippen LogP contribution in [0.5, 0.6) is 11.5 Å². The summed E-state index contributed by atoms with van der Waals surface area (Å²) in [5.74, 6) is -1.18. The molecule has 0 heterocycles. The van der Waals surface area contributed by atoms with Crippen molar-refractivity contribution in [3.8, 4) is 11.5 Å². The standard InChI is InChI=1S/C9H10ClFO3/c1-4(12)7-8(10)5(11)3-6(13)9(7)14-2/h3-4,12-13H,1-2H3. The van der Waals surface area contributed by atoms with Gasteiger partial charge >= 0.3 is 0 Å². The van der Waals surface area contributed by atoms with E-state index in [1.165, 1.54) is 14.0 Å². The first-order valence-corrected chi connectivity index (χ1v) is 4.29. The maximum atomic E-state index is 13.1. The smallest absolute Gasteiger partial charge is 0.167 e. The summed E-state index contributed by atoms with van der Waals surface area (Å²) < 4.78 is 17.9. The second-order valence-corrected chi connectivity index (χ2v) is 3.19. The number of aromatic hydroxyl groups is 1. The van der Waals surface area contributed by atoms with E-state index in [9.17, 15) is 14.6 Å². The predicted molar refractivity (Wildman–Crippen MR) is 50.3 cm³/mol. The molecule has 5 heteroatoms. The van der Waals surface area contributed by atoms with Crippen LogP contribution in [0, 0.1) is 5.82 Å². The van der Waals surface area contributed by atoms with Gasteiger partial charge in [0.1, 0.15) is 5.82 Å². The molecule has 0 aromatic heterocycles. The van der Waals surface area contributed by atoms with Gasteiger partial charge in [0.2, 0.25) is 0 Å². The monoisotopic (exact) mass is 220 g/mol. The fourth-order valence-electron chi connectivity index (χ4n) is 1.20. The van der Waals surface area contributed by atoms with E-state index in [0.29, 0.717) is 0 Å². The summed E-state index contributed by atoms with van der Waals surface area (Å²) in [4.78, 5) is 0. The molecule has 1 atom stereocenters. The SMILES string of the molecule is COc1c(O)cc(F)c(Cl)c1C(C)O. The average molecular weight is 221 g/mol. The molecule has 0 bridgehead atoms. The summed E-state index contributed by atoms with van der Waals surface area (Å²) in [6.07, 6.45) is -1.01. The van der Waals surface area contributed by atoms with Gasteiger partial charge in [-0.2, -0.15) is 0 Å². The summed E-state index contributed by atoms with van der Waals surface area (Å²) in [6.45, 7) is 1.41. The van der Waals surface area contributed by atoms with E-state index in [0.717, 1.165) is 6.07 Å². The lowest BCUT2D eigenvalue weighted by Gasteiger charge is -2.14. The Hall–Kier alpha value is -1.00. The van der Waals surface area contributed by atoms with Crippen LogP contribution in [0.25, 0.3) is 0 Å². The lowest BCUT2D eigenvalue weighted by Crippen LogP contribution is -2.00. The Labute approximate surface area is 85.7 Å². The molecule has 1 unspecified atom stereocenters. The maximum Gasteiger partial charge on any atom is 0.167 e. The van der Waals surface area contributed by atoms with Crippen molar-refractivity contribution in [2.45, 2.75) is 13.0 Å². The molecule has 0 saturated carbocycles. The number of benzene rings is 1. The molecule has 14 heavy (non-hydrogen) atoms. The van der Waals surface area contributed by atoms with Crippen molar-refractivity contribution < 1.29 is 19.3 Å². The van der Waals surface area contributed by atoms with E-state index >= 15 is 0 Å². The molecule has 3 nitrogen and oxygen atoms in total. The molecule has 0 radical (unpaired) electrons. The molecule has 0 aliphatic carbocycles. The van der Waals surface area contributed by atoms with Crippen molar-refractivity contribution in [1.29, 1.82) is 0 Å². The van der Waals surface area contributed by atoms with Crippen LogP contribution >= 0.6 is 11.6 Å². The predicted octanol–water partition coefficient (Wildman–Crippen LogP) is 2.25. The third kappa shape index (κ3) is 1.76. The average Bonchev–Trinajstić information content (AvgIpc) is 2.10. The fourth-order valence-corrected chi connectivity index (χ4v) is 1.50. The summed E-state index contributed by atoms with van der Waals surface area (Å²) in [5.41, 5.74) is 0.0478. The number of phenols is 1. The van der Waals surface area contributed by atoms with Crippen LogP contribution in [0.4, 0.5) is 4.39 Å². The van der Waals surface area contributed by atoms with Gasteiger partial charge in [-0.05, 0) is 6.92 Å². The zero-order chi connectivity index (χ0) is 10.9. The zero-order valence-corrected chi connectivity index (χ0v) is 8.47. The third-order valence-corrected chi connectivity index (χ3v) is 2.19. The van der Waals surface area contributed by atoms with E-state index in [1.807, 2.05) is 0 Å². The van der Waals surface area contributed by atoms with Crippen molar-refractivity contribution in [1.82, 2.24) is 0 Å². The van der Waals surface area contributed by atoms with E-state index < -0.39 is 11.9 Å². The second kappa shape index (κ2) is 4.02. The zero-order valence-electron chi connectivity index (χ0n) is 7.71. The summed E-state index contributed by atoms with van der Waals surface area (Å²) >= 11 is 5.62. The van der Waals surface area contributed by atoms with Gasteiger partial charge in [0, 0.05) is 11.6 Å². The number of methoxy groups -OCH3 is 1. The number of phenolic OH excluding ortho intramolecular Hbond substituents is 1. The molecule has 0 amide bonds. The molecule has 0 aliphatic rings. The Bertz CT molecular complexity index is 352. The first-order chi connectivity index (χ1) is 6.49. The number of aliphatic hydroxyl groups excluding tert-OH is 1. The normalized spacial score (nSPS) is 12.6. The van der Waals surface area contributed by atoms with E-state index in [4.69, 9.17) is 16.3 Å². The molecule has 0 fully saturated rings. The lowest BCUT2D eigenvalue weighted by atomic mass is 10.1. The maximum absolute atomic E-state index is 13.1. The van der Waals surface area contributed by atoms with Gasteiger partial charge in [0.05, 0.1) is 18.2 Å². The Balaban J connectivity index is 3.48. The van der Waals surface area contributed by atoms with Crippen molar-refractivity contribution >= 4 is 11.6 Å². The van der Waals surface area contributed by atoms with Crippen LogP contribution in [0.3, 0.4) is 0 Å². The Kier molecular flexibility index (Phi) is 3.18. The van der Waals surface area contributed by atoms with Gasteiger partial charge < -0.3 is 14.9 Å². The van der Waals surface area contributed by atoms with E-state index in [1.54, 1.807) is 0 Å². The first kappa shape index (κ1) is 11.1.